The summed E-state index contributed by atoms with van der Waals surface area (Å²) in [7, 11) is 0. The molecule has 6 nitrogen and oxygen atoms in total. The van der Waals surface area contributed by atoms with Crippen LogP contribution in [0.3, 0.4) is 0 Å². The molecule has 4 bridgehead atoms. The van der Waals surface area contributed by atoms with E-state index in [-0.39, 0.29) is 17.2 Å². The van der Waals surface area contributed by atoms with Crippen LogP contribution in [0.25, 0.3) is 0 Å². The highest BCUT2D eigenvalue weighted by atomic mass is 16.2. The maximum absolute atomic E-state index is 13.5. The zero-order chi connectivity index (χ0) is 21.6. The van der Waals surface area contributed by atoms with E-state index in [1.807, 2.05) is 34.1 Å². The van der Waals surface area contributed by atoms with Crippen LogP contribution in [-0.2, 0) is 16.1 Å². The Kier molecular flexibility index (Phi) is 5.27. The molecular weight excluding hydrogens is 390 g/mol. The molecule has 1 aromatic rings. The Labute approximate surface area is 184 Å². The van der Waals surface area contributed by atoms with Gasteiger partial charge in [0.1, 0.15) is 0 Å². The highest BCUT2D eigenvalue weighted by molar-refractivity contribution is 5.94. The molecule has 0 spiro atoms. The third kappa shape index (κ3) is 3.97. The van der Waals surface area contributed by atoms with Gasteiger partial charge in [0.05, 0.1) is 5.41 Å². The first kappa shape index (κ1) is 20.5. The molecule has 31 heavy (non-hydrogen) atoms. The summed E-state index contributed by atoms with van der Waals surface area (Å²) in [6, 6.07) is 7.42. The van der Waals surface area contributed by atoms with Gasteiger partial charge in [-0.05, 0) is 74.0 Å². The minimum atomic E-state index is -0.0926. The lowest BCUT2D eigenvalue weighted by Crippen LogP contribution is -2.58. The van der Waals surface area contributed by atoms with Gasteiger partial charge < -0.3 is 15.1 Å². The van der Waals surface area contributed by atoms with Gasteiger partial charge in [-0.2, -0.15) is 0 Å². The molecule has 166 valence electrons. The number of carbonyl (C=O) groups is 3. The topological polar surface area (TPSA) is 69.7 Å². The minimum absolute atomic E-state index is 0.0213. The summed E-state index contributed by atoms with van der Waals surface area (Å²) in [6.07, 6.45) is 7.33. The quantitative estimate of drug-likeness (QED) is 0.810. The zero-order valence-electron chi connectivity index (χ0n) is 18.4. The van der Waals surface area contributed by atoms with E-state index in [1.54, 1.807) is 0 Å². The van der Waals surface area contributed by atoms with Crippen molar-refractivity contribution in [1.29, 1.82) is 0 Å². The standard InChI is InChI=1S/C25H33N3O3/c1-17(29)26-16-18-2-4-22(5-3-18)23(30)27-6-8-28(9-7-27)24(31)25-13-19-10-20(14-25)12-21(11-19)15-25/h2-5,19-21H,6-16H2,1H3,(H,26,29). The SMILES string of the molecule is CC(=O)NCc1ccc(C(=O)N2CCN(C(=O)C34CC5CC(CC(C5)C3)C4)CC2)cc1. The zero-order valence-corrected chi connectivity index (χ0v) is 18.4. The molecule has 0 atom stereocenters. The maximum Gasteiger partial charge on any atom is 0.253 e. The second kappa shape index (κ2) is 7.95. The molecule has 1 saturated heterocycles. The molecule has 0 unspecified atom stereocenters. The molecule has 4 aliphatic carbocycles. The number of piperazine rings is 1. The minimum Gasteiger partial charge on any atom is -0.352 e. The van der Waals surface area contributed by atoms with Crippen molar-refractivity contribution in [2.24, 2.45) is 23.2 Å². The normalized spacial score (nSPS) is 31.6. The van der Waals surface area contributed by atoms with Crippen molar-refractivity contribution in [3.63, 3.8) is 0 Å². The predicted molar refractivity (Wildman–Crippen MR) is 117 cm³/mol. The van der Waals surface area contributed by atoms with Gasteiger partial charge in [0.2, 0.25) is 11.8 Å². The van der Waals surface area contributed by atoms with Gasteiger partial charge in [-0.15, -0.1) is 0 Å². The van der Waals surface area contributed by atoms with Crippen LogP contribution in [-0.4, -0.2) is 53.7 Å². The third-order valence-corrected chi connectivity index (χ3v) is 8.09. The number of hydrogen-bond donors (Lipinski definition) is 1. The van der Waals surface area contributed by atoms with Crippen LogP contribution >= 0.6 is 0 Å². The second-order valence-electron chi connectivity index (χ2n) is 10.4. The molecule has 5 fully saturated rings. The summed E-state index contributed by atoms with van der Waals surface area (Å²) in [5.41, 5.74) is 1.54. The van der Waals surface area contributed by atoms with Gasteiger partial charge >= 0.3 is 0 Å². The van der Waals surface area contributed by atoms with Crippen molar-refractivity contribution in [3.05, 3.63) is 35.4 Å². The largest absolute Gasteiger partial charge is 0.352 e. The van der Waals surface area contributed by atoms with E-state index in [0.717, 1.165) is 42.6 Å². The molecular formula is C25H33N3O3. The molecule has 4 saturated carbocycles. The highest BCUT2D eigenvalue weighted by Crippen LogP contribution is 2.60. The van der Waals surface area contributed by atoms with Crippen LogP contribution in [0.2, 0.25) is 0 Å². The van der Waals surface area contributed by atoms with Crippen LogP contribution in [0.15, 0.2) is 24.3 Å². The Balaban J connectivity index is 1.17. The van der Waals surface area contributed by atoms with Crippen molar-refractivity contribution in [1.82, 2.24) is 15.1 Å². The summed E-state index contributed by atoms with van der Waals surface area (Å²) in [5.74, 6) is 2.64. The van der Waals surface area contributed by atoms with Crippen LogP contribution in [0, 0.1) is 23.2 Å². The molecule has 1 aromatic carbocycles. The van der Waals surface area contributed by atoms with E-state index in [2.05, 4.69) is 5.32 Å². The smallest absolute Gasteiger partial charge is 0.253 e. The monoisotopic (exact) mass is 423 g/mol. The first-order valence-electron chi connectivity index (χ1n) is 11.8. The number of benzene rings is 1. The average molecular weight is 424 g/mol. The molecule has 1 aliphatic heterocycles. The number of nitrogens with zero attached hydrogens (tertiary/aromatic N) is 2. The lowest BCUT2D eigenvalue weighted by atomic mass is 9.49. The Morgan fingerprint density at radius 3 is 1.90 bits per heavy atom. The number of hydrogen-bond acceptors (Lipinski definition) is 3. The van der Waals surface area contributed by atoms with E-state index in [9.17, 15) is 14.4 Å². The van der Waals surface area contributed by atoms with Crippen molar-refractivity contribution in [2.45, 2.75) is 52.0 Å². The molecule has 6 heteroatoms. The molecule has 1 heterocycles. The molecule has 6 rings (SSSR count). The lowest BCUT2D eigenvalue weighted by Gasteiger charge is -2.57. The van der Waals surface area contributed by atoms with Crippen molar-refractivity contribution in [3.8, 4) is 0 Å². The van der Waals surface area contributed by atoms with Crippen molar-refractivity contribution in [2.75, 3.05) is 26.2 Å². The van der Waals surface area contributed by atoms with E-state index in [1.165, 1.54) is 26.2 Å². The van der Waals surface area contributed by atoms with Gasteiger partial charge in [-0.1, -0.05) is 12.1 Å². The molecule has 3 amide bonds. The Morgan fingerprint density at radius 1 is 0.871 bits per heavy atom. The number of rotatable bonds is 4. The number of nitrogens with one attached hydrogen (secondary N) is 1. The molecule has 5 aliphatic rings. The van der Waals surface area contributed by atoms with Crippen molar-refractivity contribution >= 4 is 17.7 Å². The lowest BCUT2D eigenvalue weighted by molar-refractivity contribution is -0.159. The first-order valence-corrected chi connectivity index (χ1v) is 11.8. The Bertz CT molecular complexity index is 835. The molecule has 1 N–H and O–H groups in total. The Hall–Kier alpha value is -2.37. The van der Waals surface area contributed by atoms with E-state index in [4.69, 9.17) is 0 Å². The maximum atomic E-state index is 13.5. The van der Waals surface area contributed by atoms with Gasteiger partial charge in [-0.3, -0.25) is 14.4 Å². The number of amides is 3. The fraction of sp³-hybridized carbons (Fsp3) is 0.640. The van der Waals surface area contributed by atoms with Crippen LogP contribution in [0.4, 0.5) is 0 Å². The number of carbonyl (C=O) groups excluding carboxylic acids is 3. The average Bonchev–Trinajstić information content (AvgIpc) is 2.76. The summed E-state index contributed by atoms with van der Waals surface area (Å²) in [5, 5.41) is 2.76. The van der Waals surface area contributed by atoms with Crippen LogP contribution in [0.1, 0.15) is 61.4 Å². The summed E-state index contributed by atoms with van der Waals surface area (Å²) >= 11 is 0. The highest BCUT2D eigenvalue weighted by Gasteiger charge is 2.55. The molecule has 0 radical (unpaired) electrons. The summed E-state index contributed by atoms with van der Waals surface area (Å²) in [4.78, 5) is 41.4. The first-order chi connectivity index (χ1) is 14.9. The summed E-state index contributed by atoms with van der Waals surface area (Å²) in [6.45, 7) is 4.45. The predicted octanol–water partition coefficient (Wildman–Crippen LogP) is 2.82. The fourth-order valence-electron chi connectivity index (χ4n) is 6.99. The fourth-order valence-corrected chi connectivity index (χ4v) is 6.99. The van der Waals surface area contributed by atoms with Crippen LogP contribution in [0.5, 0.6) is 0 Å². The van der Waals surface area contributed by atoms with Gasteiger partial charge in [-0.25, -0.2) is 0 Å². The van der Waals surface area contributed by atoms with Gasteiger partial charge in [0, 0.05) is 45.2 Å². The van der Waals surface area contributed by atoms with Crippen molar-refractivity contribution < 1.29 is 14.4 Å². The molecule has 0 aromatic heterocycles. The second-order valence-corrected chi connectivity index (χ2v) is 10.4. The van der Waals surface area contributed by atoms with Gasteiger partial charge in [0.15, 0.2) is 0 Å². The van der Waals surface area contributed by atoms with E-state index in [0.29, 0.717) is 44.2 Å². The summed E-state index contributed by atoms with van der Waals surface area (Å²) < 4.78 is 0. The van der Waals surface area contributed by atoms with Crippen LogP contribution < -0.4 is 5.32 Å². The Morgan fingerprint density at radius 2 is 1.39 bits per heavy atom. The van der Waals surface area contributed by atoms with E-state index >= 15 is 0 Å². The van der Waals surface area contributed by atoms with E-state index < -0.39 is 0 Å². The third-order valence-electron chi connectivity index (χ3n) is 8.09. The van der Waals surface area contributed by atoms with Gasteiger partial charge in [0.25, 0.3) is 5.91 Å².